The van der Waals surface area contributed by atoms with E-state index in [4.69, 9.17) is 16.3 Å². The van der Waals surface area contributed by atoms with Crippen LogP contribution in [0.15, 0.2) is 42.5 Å². The molecule has 0 heterocycles. The average molecular weight is 336 g/mol. The molecule has 2 atom stereocenters. The van der Waals surface area contributed by atoms with Crippen molar-refractivity contribution < 1.29 is 18.8 Å². The minimum absolute atomic E-state index is 0.0798. The number of carbonyl (C=O) groups excluding carboxylic acids is 1. The Morgan fingerprint density at radius 2 is 2.04 bits per heavy atom. The number of nitrogens with zero attached hydrogens (tertiary/aromatic N) is 1. The summed E-state index contributed by atoms with van der Waals surface area (Å²) >= 11 is 6.09. The summed E-state index contributed by atoms with van der Waals surface area (Å²) in [6.45, 7) is 0. The summed E-state index contributed by atoms with van der Waals surface area (Å²) in [4.78, 5) is 22.3. The number of carbonyl (C=O) groups is 1. The molecule has 7 heteroatoms. The molecule has 5 nitrogen and oxygen atoms in total. The maximum Gasteiger partial charge on any atom is 0.315 e. The van der Waals surface area contributed by atoms with Crippen LogP contribution in [-0.2, 0) is 4.79 Å². The molecule has 0 aliphatic heterocycles. The number of hydrogen-bond donors (Lipinski definition) is 0. The molecule has 2 aromatic rings. The fraction of sp³-hybridized carbons (Fsp3) is 0.188. The molecule has 0 N–H and O–H groups in total. The highest BCUT2D eigenvalue weighted by Crippen LogP contribution is 2.50. The third-order valence-electron chi connectivity index (χ3n) is 3.73. The number of hydrogen-bond acceptors (Lipinski definition) is 4. The highest BCUT2D eigenvalue weighted by Gasteiger charge is 2.46. The Morgan fingerprint density at radius 3 is 2.74 bits per heavy atom. The van der Waals surface area contributed by atoms with Gasteiger partial charge in [0.2, 0.25) is 5.75 Å². The summed E-state index contributed by atoms with van der Waals surface area (Å²) in [5, 5.41) is 11.5. The second-order valence-corrected chi connectivity index (χ2v) is 5.67. The number of esters is 1. The number of nitro benzene ring substituents is 1. The first-order chi connectivity index (χ1) is 11.0. The summed E-state index contributed by atoms with van der Waals surface area (Å²) < 4.78 is 18.3. The molecular formula is C16H11ClFNO4. The Balaban J connectivity index is 1.76. The van der Waals surface area contributed by atoms with Crippen molar-refractivity contribution in [3.05, 3.63) is 69.0 Å². The van der Waals surface area contributed by atoms with Gasteiger partial charge in [-0.25, -0.2) is 4.39 Å². The molecule has 0 bridgehead atoms. The van der Waals surface area contributed by atoms with E-state index in [1.54, 1.807) is 12.1 Å². The monoisotopic (exact) mass is 335 g/mol. The maximum absolute atomic E-state index is 13.2. The minimum Gasteiger partial charge on any atom is -0.419 e. The Labute approximate surface area is 135 Å². The van der Waals surface area contributed by atoms with Gasteiger partial charge in [0.25, 0.3) is 0 Å². The second kappa shape index (κ2) is 5.96. The van der Waals surface area contributed by atoms with Gasteiger partial charge in [-0.15, -0.1) is 0 Å². The van der Waals surface area contributed by atoms with Crippen LogP contribution in [0.25, 0.3) is 0 Å². The van der Waals surface area contributed by atoms with Crippen molar-refractivity contribution in [3.8, 4) is 5.75 Å². The van der Waals surface area contributed by atoms with Gasteiger partial charge in [0.1, 0.15) is 5.82 Å². The van der Waals surface area contributed by atoms with Crippen molar-refractivity contribution in [2.24, 2.45) is 5.92 Å². The van der Waals surface area contributed by atoms with Gasteiger partial charge in [0.05, 0.1) is 10.8 Å². The number of benzene rings is 2. The van der Waals surface area contributed by atoms with E-state index in [0.717, 1.165) is 23.8 Å². The van der Waals surface area contributed by atoms with Crippen molar-refractivity contribution in [3.63, 3.8) is 0 Å². The lowest BCUT2D eigenvalue weighted by Gasteiger charge is -2.06. The summed E-state index contributed by atoms with van der Waals surface area (Å²) in [5.41, 5.74) is 0.388. The second-order valence-electron chi connectivity index (χ2n) is 5.26. The van der Waals surface area contributed by atoms with Crippen LogP contribution in [0.4, 0.5) is 10.1 Å². The van der Waals surface area contributed by atoms with Gasteiger partial charge < -0.3 is 4.74 Å². The SMILES string of the molecule is O=C(Oc1cc(F)ccc1[N+](=O)[O-])C1CC1c1ccccc1Cl. The highest BCUT2D eigenvalue weighted by molar-refractivity contribution is 6.31. The minimum atomic E-state index is -0.722. The number of nitro groups is 1. The van der Waals surface area contributed by atoms with Crippen molar-refractivity contribution in [2.45, 2.75) is 12.3 Å². The number of ether oxygens (including phenoxy) is 1. The molecule has 0 saturated heterocycles. The predicted molar refractivity (Wildman–Crippen MR) is 81.0 cm³/mol. The van der Waals surface area contributed by atoms with Crippen LogP contribution in [0.5, 0.6) is 5.75 Å². The van der Waals surface area contributed by atoms with E-state index in [0.29, 0.717) is 11.4 Å². The molecule has 1 aliphatic rings. The van der Waals surface area contributed by atoms with Crippen LogP contribution in [-0.4, -0.2) is 10.9 Å². The molecule has 2 aromatic carbocycles. The van der Waals surface area contributed by atoms with Crippen LogP contribution in [0.3, 0.4) is 0 Å². The first-order valence-electron chi connectivity index (χ1n) is 6.87. The Kier molecular flexibility index (Phi) is 4.00. The van der Waals surface area contributed by atoms with Gasteiger partial charge in [-0.1, -0.05) is 29.8 Å². The molecule has 0 amide bonds. The van der Waals surface area contributed by atoms with Crippen molar-refractivity contribution in [1.29, 1.82) is 0 Å². The van der Waals surface area contributed by atoms with Gasteiger partial charge in [0.15, 0.2) is 0 Å². The average Bonchev–Trinajstić information content (AvgIpc) is 3.28. The van der Waals surface area contributed by atoms with E-state index in [-0.39, 0.29) is 11.7 Å². The summed E-state index contributed by atoms with van der Waals surface area (Å²) in [5.74, 6) is -2.23. The zero-order valence-corrected chi connectivity index (χ0v) is 12.5. The topological polar surface area (TPSA) is 69.4 Å². The van der Waals surface area contributed by atoms with Crippen molar-refractivity contribution in [2.75, 3.05) is 0 Å². The predicted octanol–water partition coefficient (Wildman–Crippen LogP) is 4.10. The number of halogens is 2. The van der Waals surface area contributed by atoms with Gasteiger partial charge in [0, 0.05) is 17.2 Å². The van der Waals surface area contributed by atoms with Crippen LogP contribution < -0.4 is 4.74 Å². The zero-order valence-electron chi connectivity index (χ0n) is 11.7. The van der Waals surface area contributed by atoms with Crippen LogP contribution >= 0.6 is 11.6 Å². The van der Waals surface area contributed by atoms with Gasteiger partial charge in [-0.3, -0.25) is 14.9 Å². The highest BCUT2D eigenvalue weighted by atomic mass is 35.5. The molecule has 1 aliphatic carbocycles. The molecule has 118 valence electrons. The molecule has 2 unspecified atom stereocenters. The van der Waals surface area contributed by atoms with Gasteiger partial charge in [-0.05, 0) is 30.0 Å². The smallest absolute Gasteiger partial charge is 0.315 e. The third kappa shape index (κ3) is 3.17. The molecule has 0 aromatic heterocycles. The Morgan fingerprint density at radius 1 is 1.30 bits per heavy atom. The maximum atomic E-state index is 13.2. The molecule has 1 saturated carbocycles. The molecule has 23 heavy (non-hydrogen) atoms. The Hall–Kier alpha value is -2.47. The largest absolute Gasteiger partial charge is 0.419 e. The van der Waals surface area contributed by atoms with E-state index in [9.17, 15) is 19.3 Å². The van der Waals surface area contributed by atoms with E-state index >= 15 is 0 Å². The lowest BCUT2D eigenvalue weighted by atomic mass is 10.1. The van der Waals surface area contributed by atoms with Crippen LogP contribution in [0, 0.1) is 21.8 Å². The van der Waals surface area contributed by atoms with Crippen LogP contribution in [0.1, 0.15) is 17.9 Å². The summed E-state index contributed by atoms with van der Waals surface area (Å²) in [7, 11) is 0. The van der Waals surface area contributed by atoms with Crippen LogP contribution in [0.2, 0.25) is 5.02 Å². The molecular weight excluding hydrogens is 325 g/mol. The lowest BCUT2D eigenvalue weighted by molar-refractivity contribution is -0.385. The fourth-order valence-corrected chi connectivity index (χ4v) is 2.76. The summed E-state index contributed by atoms with van der Waals surface area (Å²) in [6.07, 6.45) is 0.547. The van der Waals surface area contributed by atoms with E-state index in [1.165, 1.54) is 0 Å². The molecule has 0 radical (unpaired) electrons. The lowest BCUT2D eigenvalue weighted by Crippen LogP contribution is -2.12. The fourth-order valence-electron chi connectivity index (χ4n) is 2.48. The van der Waals surface area contributed by atoms with Crippen molar-refractivity contribution in [1.82, 2.24) is 0 Å². The normalized spacial score (nSPS) is 19.2. The van der Waals surface area contributed by atoms with Gasteiger partial charge in [-0.2, -0.15) is 0 Å². The molecule has 0 spiro atoms. The quantitative estimate of drug-likeness (QED) is 0.365. The Bertz CT molecular complexity index is 795. The first kappa shape index (κ1) is 15.4. The van der Waals surface area contributed by atoms with E-state index < -0.39 is 28.3 Å². The number of rotatable bonds is 4. The first-order valence-corrected chi connectivity index (χ1v) is 7.25. The standard InChI is InChI=1S/C16H11ClFNO4/c17-13-4-2-1-3-10(13)11-8-12(11)16(20)23-15-7-9(18)5-6-14(15)19(21)22/h1-7,11-12H,8H2. The van der Waals surface area contributed by atoms with Gasteiger partial charge >= 0.3 is 11.7 Å². The summed E-state index contributed by atoms with van der Waals surface area (Å²) in [6, 6.07) is 9.91. The third-order valence-corrected chi connectivity index (χ3v) is 4.07. The van der Waals surface area contributed by atoms with Crippen molar-refractivity contribution >= 4 is 23.3 Å². The molecule has 3 rings (SSSR count). The van der Waals surface area contributed by atoms with E-state index in [1.807, 2.05) is 12.1 Å². The molecule has 1 fully saturated rings. The van der Waals surface area contributed by atoms with E-state index in [2.05, 4.69) is 0 Å². The zero-order chi connectivity index (χ0) is 16.6.